The molecule has 2 heterocycles. The first kappa shape index (κ1) is 16.2. The number of hydrogen-bond donors (Lipinski definition) is 1. The van der Waals surface area contributed by atoms with Crippen molar-refractivity contribution in [3.8, 4) is 17.2 Å². The van der Waals surface area contributed by atoms with E-state index in [1.807, 2.05) is 6.07 Å². The second-order valence-electron chi connectivity index (χ2n) is 4.92. The van der Waals surface area contributed by atoms with Crippen LogP contribution in [0.2, 0.25) is 0 Å². The predicted molar refractivity (Wildman–Crippen MR) is 83.6 cm³/mol. The predicted octanol–water partition coefficient (Wildman–Crippen LogP) is 2.38. The van der Waals surface area contributed by atoms with Gasteiger partial charge in [0, 0.05) is 23.5 Å². The van der Waals surface area contributed by atoms with Crippen LogP contribution in [-0.2, 0) is 16.5 Å². The molecule has 24 heavy (non-hydrogen) atoms. The molecule has 0 aliphatic carbocycles. The standard InChI is InChI=1S/C15H12F2N4O2S/c16-14(17)12-6-13(11-4-2-1-3-5-11)21(20-12)15-18-7-10(8-19-15)9-24(22)23/h1-8,14,24H,9H2. The maximum atomic E-state index is 13.0. The van der Waals surface area contributed by atoms with Crippen LogP contribution >= 0.6 is 0 Å². The van der Waals surface area contributed by atoms with Gasteiger partial charge in [0.1, 0.15) is 16.4 Å². The van der Waals surface area contributed by atoms with E-state index in [4.69, 9.17) is 0 Å². The summed E-state index contributed by atoms with van der Waals surface area (Å²) in [6.07, 6.45) is -0.0461. The van der Waals surface area contributed by atoms with E-state index in [9.17, 15) is 17.2 Å². The van der Waals surface area contributed by atoms with E-state index in [0.29, 0.717) is 16.8 Å². The van der Waals surface area contributed by atoms with E-state index in [2.05, 4.69) is 15.1 Å². The summed E-state index contributed by atoms with van der Waals surface area (Å²) in [6, 6.07) is 10.2. The zero-order valence-electron chi connectivity index (χ0n) is 12.2. The Hall–Kier alpha value is -2.68. The number of aromatic nitrogens is 4. The minimum atomic E-state index is -2.72. The van der Waals surface area contributed by atoms with Crippen LogP contribution in [0.3, 0.4) is 0 Å². The molecule has 0 fully saturated rings. The van der Waals surface area contributed by atoms with Crippen molar-refractivity contribution in [2.45, 2.75) is 12.2 Å². The highest BCUT2D eigenvalue weighted by molar-refractivity contribution is 7.71. The second kappa shape index (κ2) is 6.83. The lowest BCUT2D eigenvalue weighted by Crippen LogP contribution is -2.06. The van der Waals surface area contributed by atoms with Crippen molar-refractivity contribution in [1.82, 2.24) is 19.7 Å². The van der Waals surface area contributed by atoms with Crippen molar-refractivity contribution in [1.29, 1.82) is 0 Å². The van der Waals surface area contributed by atoms with Gasteiger partial charge in [-0.1, -0.05) is 30.3 Å². The molecule has 1 aromatic carbocycles. The maximum Gasteiger partial charge on any atom is 0.282 e. The van der Waals surface area contributed by atoms with Crippen molar-refractivity contribution in [2.75, 3.05) is 0 Å². The van der Waals surface area contributed by atoms with Gasteiger partial charge in [0.15, 0.2) is 0 Å². The molecule has 6 nitrogen and oxygen atoms in total. The molecule has 0 amide bonds. The minimum absolute atomic E-state index is 0.0885. The van der Waals surface area contributed by atoms with E-state index >= 15 is 0 Å². The molecule has 0 N–H and O–H groups in total. The third-order valence-electron chi connectivity index (χ3n) is 3.21. The van der Waals surface area contributed by atoms with Gasteiger partial charge in [0.2, 0.25) is 0 Å². The summed E-state index contributed by atoms with van der Waals surface area (Å²) in [5, 5.41) is 3.87. The summed E-state index contributed by atoms with van der Waals surface area (Å²) in [7, 11) is -2.59. The quantitative estimate of drug-likeness (QED) is 0.715. The van der Waals surface area contributed by atoms with Crippen molar-refractivity contribution >= 4 is 10.7 Å². The Labute approximate surface area is 137 Å². The van der Waals surface area contributed by atoms with Crippen LogP contribution in [0.5, 0.6) is 0 Å². The minimum Gasteiger partial charge on any atom is -0.232 e. The molecule has 0 saturated heterocycles. The van der Waals surface area contributed by atoms with Gasteiger partial charge in [-0.3, -0.25) is 0 Å². The Morgan fingerprint density at radius 3 is 2.33 bits per heavy atom. The first-order chi connectivity index (χ1) is 11.5. The molecule has 3 aromatic rings. The van der Waals surface area contributed by atoms with Gasteiger partial charge in [-0.2, -0.15) is 9.78 Å². The summed E-state index contributed by atoms with van der Waals surface area (Å²) in [4.78, 5) is 8.08. The third-order valence-corrected chi connectivity index (χ3v) is 3.84. The van der Waals surface area contributed by atoms with E-state index in [0.717, 1.165) is 0 Å². The van der Waals surface area contributed by atoms with Gasteiger partial charge in [-0.05, 0) is 6.07 Å². The fourth-order valence-electron chi connectivity index (χ4n) is 2.16. The Kier molecular flexibility index (Phi) is 4.61. The lowest BCUT2D eigenvalue weighted by molar-refractivity contribution is 0.145. The molecule has 124 valence electrons. The van der Waals surface area contributed by atoms with Crippen LogP contribution < -0.4 is 0 Å². The van der Waals surface area contributed by atoms with Gasteiger partial charge in [-0.25, -0.2) is 27.2 Å². The number of rotatable bonds is 5. The molecule has 2 aromatic heterocycles. The van der Waals surface area contributed by atoms with Gasteiger partial charge >= 0.3 is 0 Å². The highest BCUT2D eigenvalue weighted by atomic mass is 32.2. The zero-order chi connectivity index (χ0) is 17.1. The second-order valence-corrected chi connectivity index (χ2v) is 5.90. The van der Waals surface area contributed by atoms with E-state index in [-0.39, 0.29) is 17.4 Å². The van der Waals surface area contributed by atoms with Crippen LogP contribution in [0.25, 0.3) is 17.2 Å². The van der Waals surface area contributed by atoms with Crippen LogP contribution in [0, 0.1) is 0 Å². The molecule has 0 saturated carbocycles. The van der Waals surface area contributed by atoms with Crippen LogP contribution in [0.15, 0.2) is 48.8 Å². The van der Waals surface area contributed by atoms with Gasteiger partial charge in [0.05, 0.1) is 11.4 Å². The Morgan fingerprint density at radius 1 is 1.08 bits per heavy atom. The molecular weight excluding hydrogens is 338 g/mol. The molecule has 0 aliphatic rings. The number of thiol groups is 1. The molecular formula is C15H12F2N4O2S. The lowest BCUT2D eigenvalue weighted by Gasteiger charge is -2.06. The largest absolute Gasteiger partial charge is 0.282 e. The highest BCUT2D eigenvalue weighted by Gasteiger charge is 2.18. The van der Waals surface area contributed by atoms with Crippen molar-refractivity contribution in [3.05, 3.63) is 60.0 Å². The van der Waals surface area contributed by atoms with E-state index < -0.39 is 17.1 Å². The van der Waals surface area contributed by atoms with Crippen molar-refractivity contribution in [2.24, 2.45) is 0 Å². The molecule has 3 rings (SSSR count). The van der Waals surface area contributed by atoms with E-state index in [1.54, 1.807) is 24.3 Å². The molecule has 0 spiro atoms. The summed E-state index contributed by atoms with van der Waals surface area (Å²) >= 11 is 0. The number of halogens is 2. The molecule has 0 radical (unpaired) electrons. The highest BCUT2D eigenvalue weighted by Crippen LogP contribution is 2.27. The summed E-state index contributed by atoms with van der Waals surface area (Å²) < 4.78 is 48.7. The number of alkyl halides is 2. The van der Waals surface area contributed by atoms with Crippen molar-refractivity contribution in [3.63, 3.8) is 0 Å². The number of benzene rings is 1. The SMILES string of the molecule is O=[SH](=O)Cc1cnc(-n2nc(C(F)F)cc2-c2ccccc2)nc1. The first-order valence-electron chi connectivity index (χ1n) is 6.91. The molecule has 0 aliphatic heterocycles. The van der Waals surface area contributed by atoms with Crippen LogP contribution in [0.4, 0.5) is 8.78 Å². The Balaban J connectivity index is 2.06. The van der Waals surface area contributed by atoms with Gasteiger partial charge in [0.25, 0.3) is 12.4 Å². The Bertz CT molecular complexity index is 901. The summed E-state index contributed by atoms with van der Waals surface area (Å²) in [5.74, 6) is -0.0895. The monoisotopic (exact) mass is 350 g/mol. The van der Waals surface area contributed by atoms with Gasteiger partial charge < -0.3 is 0 Å². The zero-order valence-corrected chi connectivity index (χ0v) is 13.1. The third kappa shape index (κ3) is 3.46. The molecule has 9 heteroatoms. The molecule has 0 bridgehead atoms. The maximum absolute atomic E-state index is 13.0. The van der Waals surface area contributed by atoms with Crippen LogP contribution in [0.1, 0.15) is 17.7 Å². The van der Waals surface area contributed by atoms with Gasteiger partial charge in [-0.15, -0.1) is 0 Å². The molecule has 0 atom stereocenters. The smallest absolute Gasteiger partial charge is 0.232 e. The summed E-state index contributed by atoms with van der Waals surface area (Å²) in [5.41, 5.74) is 1.14. The average molecular weight is 350 g/mol. The number of hydrogen-bond acceptors (Lipinski definition) is 5. The normalized spacial score (nSPS) is 11.3. The number of nitrogens with zero attached hydrogens (tertiary/aromatic N) is 4. The van der Waals surface area contributed by atoms with E-state index in [1.165, 1.54) is 23.1 Å². The summed E-state index contributed by atoms with van der Waals surface area (Å²) in [6.45, 7) is 0. The fourth-order valence-corrected chi connectivity index (χ4v) is 2.62. The average Bonchev–Trinajstić information content (AvgIpc) is 3.01. The molecule has 0 unspecified atom stereocenters. The fraction of sp³-hybridized carbons (Fsp3) is 0.133. The first-order valence-corrected chi connectivity index (χ1v) is 8.27. The van der Waals surface area contributed by atoms with Crippen molar-refractivity contribution < 1.29 is 17.2 Å². The lowest BCUT2D eigenvalue weighted by atomic mass is 10.1. The topological polar surface area (TPSA) is 77.7 Å². The van der Waals surface area contributed by atoms with Crippen LogP contribution in [-0.4, -0.2) is 28.2 Å². The Morgan fingerprint density at radius 2 is 1.75 bits per heavy atom.